The van der Waals surface area contributed by atoms with Crippen LogP contribution in [-0.4, -0.2) is 31.3 Å². The molecule has 3 aromatic rings. The van der Waals surface area contributed by atoms with Crippen LogP contribution in [0, 0.1) is 11.3 Å². The summed E-state index contributed by atoms with van der Waals surface area (Å²) in [6.07, 6.45) is 3.49. The maximum absolute atomic E-state index is 9.65. The Labute approximate surface area is 184 Å². The van der Waals surface area contributed by atoms with E-state index in [0.717, 1.165) is 31.3 Å². The van der Waals surface area contributed by atoms with Crippen molar-refractivity contribution in [2.24, 2.45) is 0 Å². The van der Waals surface area contributed by atoms with E-state index in [9.17, 15) is 5.26 Å². The van der Waals surface area contributed by atoms with Crippen LogP contribution in [0.4, 0.5) is 11.4 Å². The first-order chi connectivity index (χ1) is 14.6. The molecule has 1 aliphatic heterocycles. The maximum atomic E-state index is 9.65. The van der Waals surface area contributed by atoms with Crippen molar-refractivity contribution in [2.75, 3.05) is 25.5 Å². The largest absolute Gasteiger partial charge is 0.493 e. The number of nitriles is 1. The molecule has 0 atom stereocenters. The van der Waals surface area contributed by atoms with Gasteiger partial charge in [-0.05, 0) is 50.2 Å². The lowest BCUT2D eigenvalue weighted by Crippen LogP contribution is -2.34. The van der Waals surface area contributed by atoms with E-state index in [1.165, 1.54) is 6.20 Å². The SMILES string of the molecule is COc1cc2ncc(C#N)c(Nc3ccc(Cl)c(Cl)c3)c2cc1OC1CCNCC1. The molecule has 1 saturated heterocycles. The number of ether oxygens (including phenoxy) is 2. The quantitative estimate of drug-likeness (QED) is 0.558. The normalized spacial score (nSPS) is 14.3. The molecule has 0 spiro atoms. The summed E-state index contributed by atoms with van der Waals surface area (Å²) in [5, 5.41) is 17.9. The van der Waals surface area contributed by atoms with Crippen molar-refractivity contribution in [3.8, 4) is 17.6 Å². The molecule has 2 heterocycles. The summed E-state index contributed by atoms with van der Waals surface area (Å²) in [6.45, 7) is 1.84. The van der Waals surface area contributed by atoms with E-state index in [0.29, 0.717) is 44.0 Å². The number of fused-ring (bicyclic) bond motifs is 1. The van der Waals surface area contributed by atoms with Gasteiger partial charge in [0, 0.05) is 23.3 Å². The van der Waals surface area contributed by atoms with E-state index in [1.807, 2.05) is 12.1 Å². The van der Waals surface area contributed by atoms with E-state index in [-0.39, 0.29) is 6.10 Å². The van der Waals surface area contributed by atoms with Gasteiger partial charge in [-0.2, -0.15) is 5.26 Å². The highest BCUT2D eigenvalue weighted by molar-refractivity contribution is 6.42. The Morgan fingerprint density at radius 1 is 1.13 bits per heavy atom. The lowest BCUT2D eigenvalue weighted by atomic mass is 10.1. The van der Waals surface area contributed by atoms with Gasteiger partial charge in [0.05, 0.1) is 33.9 Å². The van der Waals surface area contributed by atoms with Crippen molar-refractivity contribution in [3.05, 3.63) is 52.1 Å². The third-order valence-electron chi connectivity index (χ3n) is 5.04. The van der Waals surface area contributed by atoms with Gasteiger partial charge in [0.15, 0.2) is 11.5 Å². The zero-order valence-electron chi connectivity index (χ0n) is 16.3. The molecule has 0 amide bonds. The fourth-order valence-corrected chi connectivity index (χ4v) is 3.78. The summed E-state index contributed by atoms with van der Waals surface area (Å²) >= 11 is 12.2. The smallest absolute Gasteiger partial charge is 0.162 e. The number of anilines is 2. The number of benzene rings is 2. The Morgan fingerprint density at radius 2 is 1.93 bits per heavy atom. The number of halogens is 2. The monoisotopic (exact) mass is 442 g/mol. The molecule has 30 heavy (non-hydrogen) atoms. The first-order valence-corrected chi connectivity index (χ1v) is 10.3. The second kappa shape index (κ2) is 8.97. The fraction of sp³-hybridized carbons (Fsp3) is 0.273. The number of hydrogen-bond acceptors (Lipinski definition) is 6. The number of nitrogens with zero attached hydrogens (tertiary/aromatic N) is 2. The minimum Gasteiger partial charge on any atom is -0.493 e. The van der Waals surface area contributed by atoms with E-state index in [4.69, 9.17) is 32.7 Å². The number of methoxy groups -OCH3 is 1. The average molecular weight is 443 g/mol. The highest BCUT2D eigenvalue weighted by Gasteiger charge is 2.19. The summed E-state index contributed by atoms with van der Waals surface area (Å²) < 4.78 is 11.8. The molecule has 8 heteroatoms. The van der Waals surface area contributed by atoms with Crippen LogP contribution in [0.2, 0.25) is 10.0 Å². The molecule has 0 bridgehead atoms. The van der Waals surface area contributed by atoms with Gasteiger partial charge in [0.1, 0.15) is 12.2 Å². The minimum atomic E-state index is 0.108. The van der Waals surface area contributed by atoms with Gasteiger partial charge in [0.2, 0.25) is 0 Å². The molecule has 0 aliphatic carbocycles. The molecule has 1 fully saturated rings. The van der Waals surface area contributed by atoms with Crippen LogP contribution in [0.15, 0.2) is 36.5 Å². The van der Waals surface area contributed by atoms with Crippen molar-refractivity contribution in [2.45, 2.75) is 18.9 Å². The van der Waals surface area contributed by atoms with E-state index < -0.39 is 0 Å². The molecule has 2 N–H and O–H groups in total. The van der Waals surface area contributed by atoms with Gasteiger partial charge in [-0.3, -0.25) is 4.98 Å². The van der Waals surface area contributed by atoms with Crippen LogP contribution in [0.3, 0.4) is 0 Å². The third-order valence-corrected chi connectivity index (χ3v) is 5.78. The zero-order chi connectivity index (χ0) is 21.1. The first kappa shape index (κ1) is 20.5. The number of rotatable bonds is 5. The van der Waals surface area contributed by atoms with Crippen LogP contribution in [-0.2, 0) is 0 Å². The average Bonchev–Trinajstić information content (AvgIpc) is 2.77. The topological polar surface area (TPSA) is 79.2 Å². The van der Waals surface area contributed by atoms with Crippen molar-refractivity contribution < 1.29 is 9.47 Å². The number of piperidine rings is 1. The fourth-order valence-electron chi connectivity index (χ4n) is 3.48. The Hall–Kier alpha value is -2.72. The number of nitrogens with one attached hydrogen (secondary N) is 2. The summed E-state index contributed by atoms with van der Waals surface area (Å²) in [7, 11) is 1.61. The van der Waals surface area contributed by atoms with E-state index in [1.54, 1.807) is 25.3 Å². The highest BCUT2D eigenvalue weighted by atomic mass is 35.5. The predicted molar refractivity (Wildman–Crippen MR) is 119 cm³/mol. The lowest BCUT2D eigenvalue weighted by molar-refractivity contribution is 0.157. The van der Waals surface area contributed by atoms with Crippen LogP contribution in [0.5, 0.6) is 11.5 Å². The second-order valence-electron chi connectivity index (χ2n) is 7.00. The molecule has 1 aromatic heterocycles. The van der Waals surface area contributed by atoms with Crippen LogP contribution >= 0.6 is 23.2 Å². The summed E-state index contributed by atoms with van der Waals surface area (Å²) in [6, 6.07) is 11.1. The predicted octanol–water partition coefficient (Wildman–Crippen LogP) is 5.30. The Balaban J connectivity index is 1.79. The Kier molecular flexibility index (Phi) is 6.14. The molecule has 1 aliphatic rings. The van der Waals surface area contributed by atoms with Crippen molar-refractivity contribution in [3.63, 3.8) is 0 Å². The first-order valence-electron chi connectivity index (χ1n) is 9.59. The molecular formula is C22H20Cl2N4O2. The molecular weight excluding hydrogens is 423 g/mol. The third kappa shape index (κ3) is 4.24. The number of pyridine rings is 1. The standard InChI is InChI=1S/C22H20Cl2N4O2/c1-29-20-10-19-16(9-21(20)30-15-4-6-26-7-5-15)22(13(11-25)12-27-19)28-14-2-3-17(23)18(24)8-14/h2-3,8-10,12,15,26H,4-7H2,1H3,(H,27,28). The Morgan fingerprint density at radius 3 is 2.63 bits per heavy atom. The molecule has 2 aromatic carbocycles. The number of aromatic nitrogens is 1. The maximum Gasteiger partial charge on any atom is 0.162 e. The number of hydrogen-bond donors (Lipinski definition) is 2. The van der Waals surface area contributed by atoms with Gasteiger partial charge in [0.25, 0.3) is 0 Å². The van der Waals surface area contributed by atoms with E-state index in [2.05, 4.69) is 21.7 Å². The summed E-state index contributed by atoms with van der Waals surface area (Å²) in [5.41, 5.74) is 2.43. The van der Waals surface area contributed by atoms with Crippen molar-refractivity contribution in [1.82, 2.24) is 10.3 Å². The molecule has 0 saturated carbocycles. The van der Waals surface area contributed by atoms with Crippen molar-refractivity contribution in [1.29, 1.82) is 5.26 Å². The summed E-state index contributed by atoms with van der Waals surface area (Å²) in [5.74, 6) is 1.24. The van der Waals surface area contributed by atoms with Gasteiger partial charge >= 0.3 is 0 Å². The van der Waals surface area contributed by atoms with Crippen LogP contribution in [0.1, 0.15) is 18.4 Å². The van der Waals surface area contributed by atoms with Gasteiger partial charge in [-0.1, -0.05) is 23.2 Å². The minimum absolute atomic E-state index is 0.108. The van der Waals surface area contributed by atoms with Crippen LogP contribution < -0.4 is 20.1 Å². The van der Waals surface area contributed by atoms with E-state index >= 15 is 0 Å². The molecule has 6 nitrogen and oxygen atoms in total. The van der Waals surface area contributed by atoms with Crippen LogP contribution in [0.25, 0.3) is 10.9 Å². The van der Waals surface area contributed by atoms with Crippen molar-refractivity contribution >= 4 is 45.5 Å². The highest BCUT2D eigenvalue weighted by Crippen LogP contribution is 2.38. The van der Waals surface area contributed by atoms with Gasteiger partial charge in [-0.25, -0.2) is 0 Å². The molecule has 4 rings (SSSR count). The molecule has 0 radical (unpaired) electrons. The van der Waals surface area contributed by atoms with Gasteiger partial charge in [-0.15, -0.1) is 0 Å². The Bertz CT molecular complexity index is 1120. The van der Waals surface area contributed by atoms with Gasteiger partial charge < -0.3 is 20.1 Å². The molecule has 0 unspecified atom stereocenters. The second-order valence-corrected chi connectivity index (χ2v) is 7.81. The lowest BCUT2D eigenvalue weighted by Gasteiger charge is -2.25. The summed E-state index contributed by atoms with van der Waals surface area (Å²) in [4.78, 5) is 4.43. The zero-order valence-corrected chi connectivity index (χ0v) is 17.8. The molecule has 154 valence electrons.